The molecule has 1 amide bonds. The van der Waals surface area contributed by atoms with E-state index in [-0.39, 0.29) is 35.0 Å². The number of benzene rings is 1. The number of aromatic carboxylic acids is 1. The number of nitrogens with one attached hydrogen (secondary N) is 1. The van der Waals surface area contributed by atoms with E-state index < -0.39 is 5.97 Å². The number of aliphatic hydroxyl groups is 1. The van der Waals surface area contributed by atoms with Crippen LogP contribution < -0.4 is 5.32 Å². The van der Waals surface area contributed by atoms with Crippen molar-refractivity contribution in [3.8, 4) is 0 Å². The summed E-state index contributed by atoms with van der Waals surface area (Å²) in [5, 5.41) is 26.7. The molecule has 0 heterocycles. The van der Waals surface area contributed by atoms with Gasteiger partial charge < -0.3 is 20.4 Å². The standard InChI is InChI=1S/C29H38N2O5/c1-28-13-11-21(31-36-17-26(33)30-16-18-3-5-19(6-4-18)27(34)35)15-20(28)7-8-22-23-9-10-25(32)29(23,2)14-12-24(22)28/h3-6,15,22-25,32H,7-14,16-17H2,1-2H3,(H,30,33)(H,34,35)/b31-21+/t22?,23?,24?,25?,28-,29-/m0/s1. The lowest BCUT2D eigenvalue weighted by atomic mass is 9.47. The average Bonchev–Trinajstić information content (AvgIpc) is 3.17. The monoisotopic (exact) mass is 494 g/mol. The summed E-state index contributed by atoms with van der Waals surface area (Å²) in [6.07, 6.45) is 10.7. The summed E-state index contributed by atoms with van der Waals surface area (Å²) in [5.74, 6) is 0.802. The van der Waals surface area contributed by atoms with Gasteiger partial charge in [0.2, 0.25) is 0 Å². The van der Waals surface area contributed by atoms with Gasteiger partial charge in [0, 0.05) is 6.54 Å². The highest BCUT2D eigenvalue weighted by atomic mass is 16.6. The maximum Gasteiger partial charge on any atom is 0.335 e. The number of carbonyl (C=O) groups is 2. The van der Waals surface area contributed by atoms with Crippen LogP contribution in [0.3, 0.4) is 0 Å². The van der Waals surface area contributed by atoms with Gasteiger partial charge in [-0.25, -0.2) is 4.79 Å². The number of nitrogens with zero attached hydrogens (tertiary/aromatic N) is 1. The van der Waals surface area contributed by atoms with Crippen molar-refractivity contribution in [1.82, 2.24) is 5.32 Å². The highest BCUT2D eigenvalue weighted by molar-refractivity contribution is 5.96. The predicted molar refractivity (Wildman–Crippen MR) is 136 cm³/mol. The molecule has 4 unspecified atom stereocenters. The molecule has 7 heteroatoms. The molecule has 0 aromatic heterocycles. The van der Waals surface area contributed by atoms with E-state index in [2.05, 4.69) is 30.4 Å². The van der Waals surface area contributed by atoms with Gasteiger partial charge in [0.15, 0.2) is 6.61 Å². The summed E-state index contributed by atoms with van der Waals surface area (Å²) in [6.45, 7) is 4.93. The van der Waals surface area contributed by atoms with Crippen LogP contribution in [-0.4, -0.2) is 40.5 Å². The molecule has 4 aliphatic rings. The molecule has 0 spiro atoms. The van der Waals surface area contributed by atoms with Crippen LogP contribution in [0.25, 0.3) is 0 Å². The minimum absolute atomic E-state index is 0.108. The number of aliphatic hydroxyl groups excluding tert-OH is 1. The fourth-order valence-corrected chi connectivity index (χ4v) is 7.81. The highest BCUT2D eigenvalue weighted by Crippen LogP contribution is 2.65. The number of hydrogen-bond acceptors (Lipinski definition) is 5. The van der Waals surface area contributed by atoms with Crippen molar-refractivity contribution in [1.29, 1.82) is 0 Å². The minimum Gasteiger partial charge on any atom is -0.478 e. The Labute approximate surface area is 213 Å². The van der Waals surface area contributed by atoms with Crippen molar-refractivity contribution in [3.63, 3.8) is 0 Å². The average molecular weight is 495 g/mol. The van der Waals surface area contributed by atoms with Crippen LogP contribution >= 0.6 is 0 Å². The van der Waals surface area contributed by atoms with Crippen molar-refractivity contribution in [2.45, 2.75) is 77.9 Å². The van der Waals surface area contributed by atoms with Gasteiger partial charge in [-0.3, -0.25) is 4.79 Å². The first-order valence-corrected chi connectivity index (χ1v) is 13.4. The van der Waals surface area contributed by atoms with Gasteiger partial charge in [-0.2, -0.15) is 0 Å². The Morgan fingerprint density at radius 2 is 1.83 bits per heavy atom. The molecule has 1 aromatic rings. The molecule has 3 N–H and O–H groups in total. The third kappa shape index (κ3) is 4.47. The molecule has 4 aliphatic carbocycles. The Hall–Kier alpha value is -2.67. The van der Waals surface area contributed by atoms with Crippen molar-refractivity contribution in [2.24, 2.45) is 33.7 Å². The zero-order valence-electron chi connectivity index (χ0n) is 21.3. The molecule has 3 saturated carbocycles. The zero-order chi connectivity index (χ0) is 25.5. The number of hydrogen-bond donors (Lipinski definition) is 3. The Balaban J connectivity index is 1.15. The predicted octanol–water partition coefficient (Wildman–Crippen LogP) is 4.70. The van der Waals surface area contributed by atoms with Gasteiger partial charge in [-0.15, -0.1) is 0 Å². The molecule has 1 aromatic carbocycles. The number of allylic oxidation sites excluding steroid dienone is 2. The molecule has 5 rings (SSSR count). The second kappa shape index (κ2) is 9.66. The number of carbonyl (C=O) groups excluding carboxylic acids is 1. The Morgan fingerprint density at radius 3 is 2.58 bits per heavy atom. The van der Waals surface area contributed by atoms with Crippen molar-refractivity contribution in [3.05, 3.63) is 47.0 Å². The van der Waals surface area contributed by atoms with Gasteiger partial charge in [0.1, 0.15) is 0 Å². The molecule has 7 nitrogen and oxygen atoms in total. The van der Waals surface area contributed by atoms with Crippen LogP contribution in [0, 0.1) is 28.6 Å². The highest BCUT2D eigenvalue weighted by Gasteiger charge is 2.58. The summed E-state index contributed by atoms with van der Waals surface area (Å²) < 4.78 is 0. The molecule has 6 atom stereocenters. The lowest BCUT2D eigenvalue weighted by Gasteiger charge is -2.57. The smallest absolute Gasteiger partial charge is 0.335 e. The molecule has 0 saturated heterocycles. The second-order valence-electron chi connectivity index (χ2n) is 11.8. The fourth-order valence-electron chi connectivity index (χ4n) is 7.81. The third-order valence-corrected chi connectivity index (χ3v) is 10.00. The van der Waals surface area contributed by atoms with E-state index in [1.807, 2.05) is 0 Å². The van der Waals surface area contributed by atoms with Crippen LogP contribution in [0.15, 0.2) is 41.1 Å². The number of carboxylic acids is 1. The lowest BCUT2D eigenvalue weighted by Crippen LogP contribution is -2.51. The van der Waals surface area contributed by atoms with Gasteiger partial charge in [-0.05, 0) is 104 Å². The quantitative estimate of drug-likeness (QED) is 0.497. The van der Waals surface area contributed by atoms with E-state index in [4.69, 9.17) is 9.94 Å². The summed E-state index contributed by atoms with van der Waals surface area (Å²) in [4.78, 5) is 28.5. The van der Waals surface area contributed by atoms with E-state index in [9.17, 15) is 14.7 Å². The van der Waals surface area contributed by atoms with E-state index >= 15 is 0 Å². The van der Waals surface area contributed by atoms with Crippen LogP contribution in [0.1, 0.15) is 81.1 Å². The Morgan fingerprint density at radius 1 is 1.06 bits per heavy atom. The topological polar surface area (TPSA) is 108 Å². The molecule has 36 heavy (non-hydrogen) atoms. The van der Waals surface area contributed by atoms with Crippen LogP contribution in [0.5, 0.6) is 0 Å². The number of carboxylic acid groups (broad SMARTS) is 1. The summed E-state index contributed by atoms with van der Waals surface area (Å²) in [6, 6.07) is 6.42. The molecule has 194 valence electrons. The SMILES string of the molecule is C[C@]12CCC3C(CCC4=C/C(=N/OCC(=O)NCc5ccc(C(=O)O)cc5)CC[C@@]43C)C1CCC2O. The second-order valence-corrected chi connectivity index (χ2v) is 11.8. The third-order valence-electron chi connectivity index (χ3n) is 10.00. The first-order chi connectivity index (χ1) is 17.2. The number of amides is 1. The largest absolute Gasteiger partial charge is 0.478 e. The molecular formula is C29H38N2O5. The zero-order valence-corrected chi connectivity index (χ0v) is 21.3. The normalized spacial score (nSPS) is 36.3. The fraction of sp³-hybridized carbons (Fsp3) is 0.621. The molecule has 3 fully saturated rings. The first kappa shape index (κ1) is 25.0. The van der Waals surface area contributed by atoms with Gasteiger partial charge in [-0.1, -0.05) is 36.7 Å². The van der Waals surface area contributed by atoms with Crippen LogP contribution in [0.2, 0.25) is 0 Å². The number of oxime groups is 1. The number of rotatable bonds is 6. The van der Waals surface area contributed by atoms with Crippen molar-refractivity contribution >= 4 is 17.6 Å². The Kier molecular flexibility index (Phi) is 6.70. The minimum atomic E-state index is -0.973. The molecule has 0 bridgehead atoms. The molecule has 0 radical (unpaired) electrons. The van der Waals surface area contributed by atoms with Crippen LogP contribution in [-0.2, 0) is 16.2 Å². The lowest BCUT2D eigenvalue weighted by molar-refractivity contribution is -0.125. The van der Waals surface area contributed by atoms with E-state index in [0.717, 1.165) is 43.4 Å². The number of fused-ring (bicyclic) bond motifs is 5. The van der Waals surface area contributed by atoms with E-state index in [0.29, 0.717) is 24.3 Å². The van der Waals surface area contributed by atoms with Gasteiger partial charge in [0.25, 0.3) is 5.91 Å². The molecular weight excluding hydrogens is 456 g/mol. The molecule has 0 aliphatic heterocycles. The maximum atomic E-state index is 12.2. The summed E-state index contributed by atoms with van der Waals surface area (Å²) >= 11 is 0. The van der Waals surface area contributed by atoms with Crippen molar-refractivity contribution < 1.29 is 24.6 Å². The van der Waals surface area contributed by atoms with Crippen molar-refractivity contribution in [2.75, 3.05) is 6.61 Å². The maximum absolute atomic E-state index is 12.2. The summed E-state index contributed by atoms with van der Waals surface area (Å²) in [7, 11) is 0. The van der Waals surface area contributed by atoms with E-state index in [1.54, 1.807) is 12.1 Å². The van der Waals surface area contributed by atoms with Crippen LogP contribution in [0.4, 0.5) is 0 Å². The first-order valence-electron chi connectivity index (χ1n) is 13.4. The van der Waals surface area contributed by atoms with Gasteiger partial charge in [0.05, 0.1) is 17.4 Å². The van der Waals surface area contributed by atoms with E-state index in [1.165, 1.54) is 37.0 Å². The summed E-state index contributed by atoms with van der Waals surface area (Å²) in [5.41, 5.74) is 3.74. The Bertz CT molecular complexity index is 1080. The van der Waals surface area contributed by atoms with Gasteiger partial charge >= 0.3 is 5.97 Å².